The van der Waals surface area contributed by atoms with Crippen molar-refractivity contribution < 1.29 is 9.47 Å². The van der Waals surface area contributed by atoms with E-state index >= 15 is 0 Å². The van der Waals surface area contributed by atoms with Crippen molar-refractivity contribution in [1.82, 2.24) is 10.2 Å². The van der Waals surface area contributed by atoms with Crippen molar-refractivity contribution in [2.24, 2.45) is 5.73 Å². The van der Waals surface area contributed by atoms with Gasteiger partial charge in [0, 0.05) is 38.8 Å². The van der Waals surface area contributed by atoms with Gasteiger partial charge in [-0.3, -0.25) is 0 Å². The third kappa shape index (κ3) is 3.08. The monoisotopic (exact) mass is 333 g/mol. The molecule has 24 heavy (non-hydrogen) atoms. The molecule has 4 heterocycles. The molecule has 7 heteroatoms. The lowest BCUT2D eigenvalue weighted by Crippen LogP contribution is -2.46. The summed E-state index contributed by atoms with van der Waals surface area (Å²) in [6, 6.07) is 2.16. The van der Waals surface area contributed by atoms with Crippen LogP contribution in [0.5, 0.6) is 0 Å². The number of morpholine rings is 2. The summed E-state index contributed by atoms with van der Waals surface area (Å²) in [6.45, 7) is 8.15. The number of nitrogens with zero attached hydrogens (tertiary/aromatic N) is 4. The Morgan fingerprint density at radius 3 is 2.29 bits per heavy atom. The smallest absolute Gasteiger partial charge is 0.153 e. The number of ether oxygens (including phenoxy) is 2. The van der Waals surface area contributed by atoms with E-state index in [0.29, 0.717) is 18.8 Å². The summed E-state index contributed by atoms with van der Waals surface area (Å²) in [5, 5.41) is 8.87. The Labute approximate surface area is 143 Å². The third-order valence-electron chi connectivity index (χ3n) is 5.16. The van der Waals surface area contributed by atoms with Crippen molar-refractivity contribution in [1.29, 1.82) is 0 Å². The molecule has 0 aromatic carbocycles. The van der Waals surface area contributed by atoms with Crippen LogP contribution in [0.1, 0.15) is 32.4 Å². The average Bonchev–Trinajstić information content (AvgIpc) is 2.91. The molecule has 3 aliphatic heterocycles. The average molecular weight is 333 g/mol. The zero-order valence-corrected chi connectivity index (χ0v) is 14.5. The predicted octanol–water partition coefficient (Wildman–Crippen LogP) is 0.916. The van der Waals surface area contributed by atoms with Gasteiger partial charge in [0.1, 0.15) is 5.69 Å². The zero-order chi connectivity index (χ0) is 16.7. The SMILES string of the molecule is CC1CN(c2cc(N3CC4CCC(C3)O4)nnc2CN)CC(C)O1. The van der Waals surface area contributed by atoms with Crippen molar-refractivity contribution in [3.05, 3.63) is 11.8 Å². The molecule has 3 saturated heterocycles. The summed E-state index contributed by atoms with van der Waals surface area (Å²) in [4.78, 5) is 4.66. The minimum absolute atomic E-state index is 0.204. The minimum atomic E-state index is 0.204. The molecule has 1 aromatic rings. The van der Waals surface area contributed by atoms with Crippen LogP contribution >= 0.6 is 0 Å². The maximum Gasteiger partial charge on any atom is 0.153 e. The van der Waals surface area contributed by atoms with Gasteiger partial charge in [-0.1, -0.05) is 0 Å². The molecular formula is C17H27N5O2. The first-order chi connectivity index (χ1) is 11.6. The standard InChI is InChI=1S/C17H27N5O2/c1-11-7-21(8-12(2)23-11)16-5-17(20-19-15(16)6-18)22-9-13-3-4-14(10-22)24-13/h5,11-14H,3-4,6-10,18H2,1-2H3. The molecule has 4 unspecified atom stereocenters. The van der Waals surface area contributed by atoms with Gasteiger partial charge in [0.05, 0.1) is 30.1 Å². The quantitative estimate of drug-likeness (QED) is 0.881. The van der Waals surface area contributed by atoms with Crippen LogP contribution in [-0.2, 0) is 16.0 Å². The Balaban J connectivity index is 1.61. The van der Waals surface area contributed by atoms with E-state index in [-0.39, 0.29) is 12.2 Å². The Hall–Kier alpha value is -1.44. The van der Waals surface area contributed by atoms with Crippen LogP contribution in [0, 0.1) is 0 Å². The van der Waals surface area contributed by atoms with E-state index in [4.69, 9.17) is 15.2 Å². The normalized spacial score (nSPS) is 33.1. The topological polar surface area (TPSA) is 76.7 Å². The van der Waals surface area contributed by atoms with Crippen molar-refractivity contribution in [3.8, 4) is 0 Å². The lowest BCUT2D eigenvalue weighted by atomic mass is 10.2. The largest absolute Gasteiger partial charge is 0.372 e. The predicted molar refractivity (Wildman–Crippen MR) is 92.3 cm³/mol. The van der Waals surface area contributed by atoms with E-state index < -0.39 is 0 Å². The molecule has 0 amide bonds. The first-order valence-electron chi connectivity index (χ1n) is 9.00. The number of hydrogen-bond donors (Lipinski definition) is 1. The highest BCUT2D eigenvalue weighted by Gasteiger charge is 2.35. The van der Waals surface area contributed by atoms with Crippen molar-refractivity contribution in [2.75, 3.05) is 36.0 Å². The van der Waals surface area contributed by atoms with Gasteiger partial charge >= 0.3 is 0 Å². The molecule has 2 N–H and O–H groups in total. The number of rotatable bonds is 3. The maximum absolute atomic E-state index is 5.93. The number of hydrogen-bond acceptors (Lipinski definition) is 7. The van der Waals surface area contributed by atoms with Crippen LogP contribution in [0.15, 0.2) is 6.07 Å². The second-order valence-electron chi connectivity index (χ2n) is 7.26. The van der Waals surface area contributed by atoms with Crippen molar-refractivity contribution >= 4 is 11.5 Å². The highest BCUT2D eigenvalue weighted by atomic mass is 16.5. The first-order valence-corrected chi connectivity index (χ1v) is 9.00. The number of fused-ring (bicyclic) bond motifs is 2. The Morgan fingerprint density at radius 2 is 1.67 bits per heavy atom. The fourth-order valence-corrected chi connectivity index (χ4v) is 4.15. The summed E-state index contributed by atoms with van der Waals surface area (Å²) in [5.41, 5.74) is 7.87. The molecule has 4 atom stereocenters. The summed E-state index contributed by atoms with van der Waals surface area (Å²) in [7, 11) is 0. The summed E-state index contributed by atoms with van der Waals surface area (Å²) in [5.74, 6) is 0.939. The second-order valence-corrected chi connectivity index (χ2v) is 7.26. The molecule has 1 aromatic heterocycles. The van der Waals surface area contributed by atoms with Crippen LogP contribution in [0.25, 0.3) is 0 Å². The molecule has 132 valence electrons. The third-order valence-corrected chi connectivity index (χ3v) is 5.16. The Kier molecular flexibility index (Phi) is 4.32. The van der Waals surface area contributed by atoms with Crippen LogP contribution in [0.3, 0.4) is 0 Å². The number of aromatic nitrogens is 2. The van der Waals surface area contributed by atoms with Gasteiger partial charge in [-0.2, -0.15) is 0 Å². The number of anilines is 2. The van der Waals surface area contributed by atoms with E-state index in [1.54, 1.807) is 0 Å². The second kappa shape index (κ2) is 6.46. The van der Waals surface area contributed by atoms with Gasteiger partial charge in [-0.15, -0.1) is 10.2 Å². The van der Waals surface area contributed by atoms with E-state index in [2.05, 4.69) is 39.9 Å². The minimum Gasteiger partial charge on any atom is -0.372 e. The van der Waals surface area contributed by atoms with Crippen molar-refractivity contribution in [2.45, 2.75) is 57.6 Å². The highest BCUT2D eigenvalue weighted by Crippen LogP contribution is 2.31. The van der Waals surface area contributed by atoms with Gasteiger partial charge in [0.15, 0.2) is 5.82 Å². The Morgan fingerprint density at radius 1 is 1.00 bits per heavy atom. The molecule has 0 saturated carbocycles. The van der Waals surface area contributed by atoms with Crippen LogP contribution in [0.4, 0.5) is 11.5 Å². The lowest BCUT2D eigenvalue weighted by Gasteiger charge is -2.38. The molecule has 2 bridgehead atoms. The van der Waals surface area contributed by atoms with Gasteiger partial charge < -0.3 is 25.0 Å². The van der Waals surface area contributed by atoms with E-state index in [0.717, 1.165) is 56.2 Å². The van der Waals surface area contributed by atoms with Gasteiger partial charge in [0.2, 0.25) is 0 Å². The molecular weight excluding hydrogens is 306 g/mol. The summed E-state index contributed by atoms with van der Waals surface area (Å²) < 4.78 is 11.8. The molecule has 0 aliphatic carbocycles. The van der Waals surface area contributed by atoms with Crippen LogP contribution < -0.4 is 15.5 Å². The van der Waals surface area contributed by atoms with E-state index in [1.807, 2.05) is 0 Å². The van der Waals surface area contributed by atoms with E-state index in [1.165, 1.54) is 0 Å². The summed E-state index contributed by atoms with van der Waals surface area (Å²) in [6.07, 6.45) is 3.39. The first kappa shape index (κ1) is 16.1. The highest BCUT2D eigenvalue weighted by molar-refractivity contribution is 5.58. The molecule has 3 fully saturated rings. The van der Waals surface area contributed by atoms with E-state index in [9.17, 15) is 0 Å². The zero-order valence-electron chi connectivity index (χ0n) is 14.5. The van der Waals surface area contributed by atoms with Crippen LogP contribution in [-0.4, -0.2) is 60.8 Å². The Bertz CT molecular complexity index is 576. The fourth-order valence-electron chi connectivity index (χ4n) is 4.15. The molecule has 3 aliphatic rings. The van der Waals surface area contributed by atoms with Crippen molar-refractivity contribution in [3.63, 3.8) is 0 Å². The fraction of sp³-hybridized carbons (Fsp3) is 0.765. The summed E-state index contributed by atoms with van der Waals surface area (Å²) >= 11 is 0. The molecule has 4 rings (SSSR count). The number of nitrogens with two attached hydrogens (primary N) is 1. The van der Waals surface area contributed by atoms with Gasteiger partial charge in [0.25, 0.3) is 0 Å². The molecule has 0 radical (unpaired) electrons. The molecule has 0 spiro atoms. The van der Waals surface area contributed by atoms with Crippen LogP contribution in [0.2, 0.25) is 0 Å². The van der Waals surface area contributed by atoms with Gasteiger partial charge in [-0.25, -0.2) is 0 Å². The van der Waals surface area contributed by atoms with Gasteiger partial charge in [-0.05, 0) is 26.7 Å². The maximum atomic E-state index is 5.93. The molecule has 7 nitrogen and oxygen atoms in total. The lowest BCUT2D eigenvalue weighted by molar-refractivity contribution is -0.00529.